The molecule has 2 aromatic carbocycles. The number of hydrogen-bond donors (Lipinski definition) is 0. The zero-order valence-electron chi connectivity index (χ0n) is 11.5. The molecule has 0 bridgehead atoms. The Labute approximate surface area is 125 Å². The fourth-order valence-corrected chi connectivity index (χ4v) is 2.45. The van der Waals surface area contributed by atoms with Gasteiger partial charge < -0.3 is 4.74 Å². The molecule has 0 heterocycles. The molecule has 1 atom stereocenters. The molecule has 2 rings (SSSR count). The van der Waals surface area contributed by atoms with E-state index < -0.39 is 0 Å². The van der Waals surface area contributed by atoms with Crippen molar-refractivity contribution in [3.8, 4) is 11.5 Å². The normalized spacial score (nSPS) is 11.8. The van der Waals surface area contributed by atoms with E-state index in [1.54, 1.807) is 0 Å². The Kier molecular flexibility index (Phi) is 5.69. The first-order valence-electron chi connectivity index (χ1n) is 6.83. The Balaban J connectivity index is 2.07. The van der Waals surface area contributed by atoms with E-state index in [1.807, 2.05) is 48.5 Å². The Hall–Kier alpha value is -1.73. The largest absolute Gasteiger partial charge is 0.457 e. The molecule has 1 unspecified atom stereocenters. The molecule has 2 heteroatoms. The second kappa shape index (κ2) is 7.76. The monoisotopic (exact) mass is 286 g/mol. The zero-order chi connectivity index (χ0) is 14.2. The van der Waals surface area contributed by atoms with Gasteiger partial charge in [-0.1, -0.05) is 36.4 Å². The van der Waals surface area contributed by atoms with Gasteiger partial charge in [-0.2, -0.15) is 0 Å². The summed E-state index contributed by atoms with van der Waals surface area (Å²) in [6.45, 7) is 3.81. The first-order valence-corrected chi connectivity index (χ1v) is 7.36. The van der Waals surface area contributed by atoms with Gasteiger partial charge in [-0.25, -0.2) is 0 Å². The van der Waals surface area contributed by atoms with Gasteiger partial charge in [-0.05, 0) is 48.6 Å². The first kappa shape index (κ1) is 14.7. The van der Waals surface area contributed by atoms with Gasteiger partial charge in [-0.3, -0.25) is 0 Å². The summed E-state index contributed by atoms with van der Waals surface area (Å²) in [5, 5.41) is 0. The van der Waals surface area contributed by atoms with Crippen LogP contribution in [0, 0.1) is 0 Å². The van der Waals surface area contributed by atoms with Crippen LogP contribution in [0.2, 0.25) is 0 Å². The third-order valence-corrected chi connectivity index (χ3v) is 3.46. The Morgan fingerprint density at radius 2 is 1.65 bits per heavy atom. The van der Waals surface area contributed by atoms with E-state index in [-0.39, 0.29) is 0 Å². The molecule has 2 aromatic rings. The molecule has 0 aliphatic carbocycles. The van der Waals surface area contributed by atoms with Gasteiger partial charge in [0.15, 0.2) is 0 Å². The van der Waals surface area contributed by atoms with Crippen LogP contribution < -0.4 is 4.74 Å². The summed E-state index contributed by atoms with van der Waals surface area (Å²) in [5.74, 6) is 2.81. The summed E-state index contributed by atoms with van der Waals surface area (Å²) in [4.78, 5) is 0. The molecule has 0 aromatic heterocycles. The molecule has 0 saturated heterocycles. The van der Waals surface area contributed by atoms with Crippen molar-refractivity contribution in [2.45, 2.75) is 18.8 Å². The minimum Gasteiger partial charge on any atom is -0.457 e. The molecule has 1 nitrogen and oxygen atoms in total. The predicted octanol–water partition coefficient (Wildman–Crippen LogP) is 5.77. The van der Waals surface area contributed by atoms with E-state index in [9.17, 15) is 0 Å². The topological polar surface area (TPSA) is 9.23 Å². The van der Waals surface area contributed by atoms with Crippen molar-refractivity contribution in [2.24, 2.45) is 0 Å². The van der Waals surface area contributed by atoms with Crippen molar-refractivity contribution < 1.29 is 4.74 Å². The first-order chi connectivity index (χ1) is 9.83. The Bertz CT molecular complexity index is 519. The summed E-state index contributed by atoms with van der Waals surface area (Å²) in [5.41, 5.74) is 1.28. The Morgan fingerprint density at radius 1 is 1.00 bits per heavy atom. The van der Waals surface area contributed by atoms with E-state index in [0.29, 0.717) is 11.8 Å². The highest BCUT2D eigenvalue weighted by molar-refractivity contribution is 6.17. The fourth-order valence-electron chi connectivity index (χ4n) is 2.19. The average Bonchev–Trinajstić information content (AvgIpc) is 2.49. The van der Waals surface area contributed by atoms with Gasteiger partial charge >= 0.3 is 0 Å². The summed E-state index contributed by atoms with van der Waals surface area (Å²) in [7, 11) is 0. The van der Waals surface area contributed by atoms with Crippen LogP contribution in [0.1, 0.15) is 24.3 Å². The summed E-state index contributed by atoms with van der Waals surface area (Å²) in [6.07, 6.45) is 3.86. The van der Waals surface area contributed by atoms with Crippen molar-refractivity contribution in [3.63, 3.8) is 0 Å². The number of allylic oxidation sites excluding steroid dienone is 1. The number of alkyl halides is 1. The number of rotatable bonds is 7. The van der Waals surface area contributed by atoms with Gasteiger partial charge in [0.25, 0.3) is 0 Å². The lowest BCUT2D eigenvalue weighted by molar-refractivity contribution is 0.482. The maximum atomic E-state index is 5.86. The van der Waals surface area contributed by atoms with Crippen LogP contribution in [0.5, 0.6) is 11.5 Å². The SMILES string of the molecule is C=CCC(CCCl)c1ccc(Oc2ccccc2)cc1. The molecule has 0 radical (unpaired) electrons. The summed E-state index contributed by atoms with van der Waals surface area (Å²) < 4.78 is 5.79. The van der Waals surface area contributed by atoms with E-state index in [0.717, 1.165) is 24.3 Å². The number of benzene rings is 2. The molecule has 20 heavy (non-hydrogen) atoms. The molecule has 104 valence electrons. The molecule has 0 saturated carbocycles. The minimum absolute atomic E-state index is 0.441. The Morgan fingerprint density at radius 3 is 2.25 bits per heavy atom. The number of halogens is 1. The van der Waals surface area contributed by atoms with Crippen LogP contribution in [0.25, 0.3) is 0 Å². The zero-order valence-corrected chi connectivity index (χ0v) is 12.2. The van der Waals surface area contributed by atoms with E-state index in [4.69, 9.17) is 16.3 Å². The summed E-state index contributed by atoms with van der Waals surface area (Å²) in [6, 6.07) is 18.0. The van der Waals surface area contributed by atoms with Crippen LogP contribution in [0.3, 0.4) is 0 Å². The van der Waals surface area contributed by atoms with Crippen LogP contribution in [0.4, 0.5) is 0 Å². The molecule has 0 spiro atoms. The fraction of sp³-hybridized carbons (Fsp3) is 0.222. The highest BCUT2D eigenvalue weighted by Gasteiger charge is 2.09. The smallest absolute Gasteiger partial charge is 0.127 e. The van der Waals surface area contributed by atoms with Crippen LogP contribution in [-0.4, -0.2) is 5.88 Å². The second-order valence-corrected chi connectivity index (χ2v) is 5.06. The molecule has 0 aliphatic heterocycles. The van der Waals surface area contributed by atoms with Crippen molar-refractivity contribution in [1.29, 1.82) is 0 Å². The van der Waals surface area contributed by atoms with Gasteiger partial charge in [0.1, 0.15) is 11.5 Å². The highest BCUT2D eigenvalue weighted by Crippen LogP contribution is 2.28. The predicted molar refractivity (Wildman–Crippen MR) is 85.9 cm³/mol. The number of para-hydroxylation sites is 1. The van der Waals surface area contributed by atoms with E-state index in [1.165, 1.54) is 5.56 Å². The second-order valence-electron chi connectivity index (χ2n) is 4.68. The van der Waals surface area contributed by atoms with Crippen molar-refractivity contribution in [2.75, 3.05) is 5.88 Å². The summed E-state index contributed by atoms with van der Waals surface area (Å²) >= 11 is 5.86. The number of hydrogen-bond acceptors (Lipinski definition) is 1. The van der Waals surface area contributed by atoms with Crippen LogP contribution >= 0.6 is 11.6 Å². The van der Waals surface area contributed by atoms with Crippen molar-refractivity contribution in [3.05, 3.63) is 72.8 Å². The van der Waals surface area contributed by atoms with Crippen LogP contribution in [0.15, 0.2) is 67.3 Å². The standard InChI is InChI=1S/C18H19ClO/c1-2-6-15(13-14-19)16-9-11-18(12-10-16)20-17-7-4-3-5-8-17/h2-5,7-12,15H,1,6,13-14H2. The molecular weight excluding hydrogens is 268 g/mol. The lowest BCUT2D eigenvalue weighted by atomic mass is 9.93. The van der Waals surface area contributed by atoms with Gasteiger partial charge in [0, 0.05) is 5.88 Å². The van der Waals surface area contributed by atoms with Gasteiger partial charge in [-0.15, -0.1) is 18.2 Å². The molecule has 0 amide bonds. The minimum atomic E-state index is 0.441. The van der Waals surface area contributed by atoms with E-state index in [2.05, 4.69) is 18.7 Å². The third kappa shape index (κ3) is 4.14. The average molecular weight is 287 g/mol. The van der Waals surface area contributed by atoms with Crippen molar-refractivity contribution in [1.82, 2.24) is 0 Å². The van der Waals surface area contributed by atoms with Gasteiger partial charge in [0.05, 0.1) is 0 Å². The lowest BCUT2D eigenvalue weighted by Crippen LogP contribution is -1.98. The van der Waals surface area contributed by atoms with Crippen molar-refractivity contribution >= 4 is 11.6 Å². The van der Waals surface area contributed by atoms with E-state index >= 15 is 0 Å². The third-order valence-electron chi connectivity index (χ3n) is 3.24. The van der Waals surface area contributed by atoms with Gasteiger partial charge in [0.2, 0.25) is 0 Å². The maximum Gasteiger partial charge on any atom is 0.127 e. The quantitative estimate of drug-likeness (QED) is 0.464. The lowest BCUT2D eigenvalue weighted by Gasteiger charge is -2.14. The molecular formula is C18H19ClO. The molecule has 0 aliphatic rings. The molecule has 0 fully saturated rings. The van der Waals surface area contributed by atoms with Crippen LogP contribution in [-0.2, 0) is 0 Å². The maximum absolute atomic E-state index is 5.86. The number of ether oxygens (including phenoxy) is 1. The molecule has 0 N–H and O–H groups in total. The highest BCUT2D eigenvalue weighted by atomic mass is 35.5.